The lowest BCUT2D eigenvalue weighted by Gasteiger charge is -2.31. The fourth-order valence-electron chi connectivity index (χ4n) is 3.48. The van der Waals surface area contributed by atoms with Crippen molar-refractivity contribution in [2.45, 2.75) is 25.7 Å². The minimum Gasteiger partial charge on any atom is -0.324 e. The van der Waals surface area contributed by atoms with Gasteiger partial charge in [0.1, 0.15) is 0 Å². The van der Waals surface area contributed by atoms with Crippen molar-refractivity contribution in [3.63, 3.8) is 0 Å². The molecule has 0 spiro atoms. The van der Waals surface area contributed by atoms with Crippen molar-refractivity contribution in [1.29, 1.82) is 0 Å². The molecule has 0 aliphatic carbocycles. The number of rotatable bonds is 7. The maximum absolute atomic E-state index is 12.8. The number of piperidine rings is 1. The van der Waals surface area contributed by atoms with Gasteiger partial charge in [-0.1, -0.05) is 59.6 Å². The molecule has 0 aromatic heterocycles. The van der Waals surface area contributed by atoms with E-state index < -0.39 is 15.9 Å². The van der Waals surface area contributed by atoms with Crippen molar-refractivity contribution in [3.05, 3.63) is 64.1 Å². The molecular formula is C21H24Cl2N2O3S. The summed E-state index contributed by atoms with van der Waals surface area (Å²) in [7, 11) is -3.40. The van der Waals surface area contributed by atoms with E-state index in [2.05, 4.69) is 5.32 Å². The molecule has 0 unspecified atom stereocenters. The Bertz CT molecular complexity index is 952. The van der Waals surface area contributed by atoms with Gasteiger partial charge in [-0.3, -0.25) is 4.79 Å². The number of carbonyl (C=O) groups is 1. The topological polar surface area (TPSA) is 66.5 Å². The van der Waals surface area contributed by atoms with Gasteiger partial charge in [-0.15, -0.1) is 0 Å². The molecule has 1 N–H and O–H groups in total. The number of hydrogen-bond acceptors (Lipinski definition) is 3. The lowest BCUT2D eigenvalue weighted by Crippen LogP contribution is -2.44. The molecule has 156 valence electrons. The SMILES string of the molecule is O=C(Nc1cccc(Cl)c1Cl)[C@@H]1CCCN(S(=O)(=O)CCCc2ccccc2)C1. The molecule has 29 heavy (non-hydrogen) atoms. The molecule has 1 fully saturated rings. The monoisotopic (exact) mass is 454 g/mol. The van der Waals surface area contributed by atoms with Crippen LogP contribution >= 0.6 is 23.2 Å². The van der Waals surface area contributed by atoms with Crippen LogP contribution in [0.5, 0.6) is 0 Å². The van der Waals surface area contributed by atoms with Crippen LogP contribution in [0.1, 0.15) is 24.8 Å². The number of carbonyl (C=O) groups excluding carboxylic acids is 1. The normalized spacial score (nSPS) is 17.8. The number of halogens is 2. The Hall–Kier alpha value is -1.60. The first-order chi connectivity index (χ1) is 13.9. The van der Waals surface area contributed by atoms with E-state index in [0.29, 0.717) is 42.9 Å². The second kappa shape index (κ2) is 9.94. The predicted molar refractivity (Wildman–Crippen MR) is 118 cm³/mol. The summed E-state index contributed by atoms with van der Waals surface area (Å²) >= 11 is 12.1. The Morgan fingerprint density at radius 1 is 1.10 bits per heavy atom. The molecule has 5 nitrogen and oxygen atoms in total. The van der Waals surface area contributed by atoms with E-state index in [4.69, 9.17) is 23.2 Å². The summed E-state index contributed by atoms with van der Waals surface area (Å²) in [5, 5.41) is 3.42. The zero-order valence-electron chi connectivity index (χ0n) is 16.0. The minimum absolute atomic E-state index is 0.0797. The lowest BCUT2D eigenvalue weighted by atomic mass is 9.99. The van der Waals surface area contributed by atoms with E-state index in [1.54, 1.807) is 18.2 Å². The molecule has 0 saturated carbocycles. The van der Waals surface area contributed by atoms with Crippen molar-refractivity contribution in [1.82, 2.24) is 4.31 Å². The Kier molecular flexibility index (Phi) is 7.57. The first-order valence-electron chi connectivity index (χ1n) is 9.63. The number of amides is 1. The number of nitrogens with one attached hydrogen (secondary N) is 1. The van der Waals surface area contributed by atoms with Crippen molar-refractivity contribution >= 4 is 44.8 Å². The van der Waals surface area contributed by atoms with Gasteiger partial charge in [-0.05, 0) is 43.4 Å². The Morgan fingerprint density at radius 2 is 1.86 bits per heavy atom. The van der Waals surface area contributed by atoms with Gasteiger partial charge >= 0.3 is 0 Å². The van der Waals surface area contributed by atoms with Crippen LogP contribution in [-0.4, -0.2) is 37.5 Å². The van der Waals surface area contributed by atoms with Crippen LogP contribution in [0.4, 0.5) is 5.69 Å². The van der Waals surface area contributed by atoms with Gasteiger partial charge in [0.15, 0.2) is 0 Å². The molecule has 0 radical (unpaired) electrons. The highest BCUT2D eigenvalue weighted by Gasteiger charge is 2.32. The van der Waals surface area contributed by atoms with Gasteiger partial charge in [0.2, 0.25) is 15.9 Å². The number of anilines is 1. The first kappa shape index (κ1) is 22.1. The van der Waals surface area contributed by atoms with Crippen molar-refractivity contribution < 1.29 is 13.2 Å². The van der Waals surface area contributed by atoms with Gasteiger partial charge in [-0.2, -0.15) is 0 Å². The number of sulfonamides is 1. The largest absolute Gasteiger partial charge is 0.324 e. The maximum atomic E-state index is 12.8. The summed E-state index contributed by atoms with van der Waals surface area (Å²) in [6, 6.07) is 14.8. The standard InChI is InChI=1S/C21H24Cl2N2O3S/c22-18-11-4-12-19(20(18)23)24-21(26)17-10-5-13-25(15-17)29(27,28)14-6-9-16-7-2-1-3-8-16/h1-4,7-8,11-12,17H,5-6,9-10,13-15H2,(H,24,26)/t17-/m1/s1. The van der Waals surface area contributed by atoms with Crippen LogP contribution in [0.15, 0.2) is 48.5 Å². The summed E-state index contributed by atoms with van der Waals surface area (Å²) < 4.78 is 27.0. The zero-order valence-corrected chi connectivity index (χ0v) is 18.3. The third-order valence-corrected chi connectivity index (χ3v) is 7.81. The first-order valence-corrected chi connectivity index (χ1v) is 12.0. The molecule has 2 aromatic carbocycles. The van der Waals surface area contributed by atoms with E-state index in [0.717, 1.165) is 5.56 Å². The van der Waals surface area contributed by atoms with Gasteiger partial charge < -0.3 is 5.32 Å². The van der Waals surface area contributed by atoms with Crippen LogP contribution in [0, 0.1) is 5.92 Å². The maximum Gasteiger partial charge on any atom is 0.228 e. The van der Waals surface area contributed by atoms with Crippen LogP contribution in [-0.2, 0) is 21.2 Å². The highest BCUT2D eigenvalue weighted by Crippen LogP contribution is 2.30. The molecular weight excluding hydrogens is 431 g/mol. The van der Waals surface area contributed by atoms with E-state index >= 15 is 0 Å². The highest BCUT2D eigenvalue weighted by atomic mass is 35.5. The average molecular weight is 455 g/mol. The quantitative estimate of drug-likeness (QED) is 0.663. The second-order valence-electron chi connectivity index (χ2n) is 7.19. The van der Waals surface area contributed by atoms with E-state index in [9.17, 15) is 13.2 Å². The number of aryl methyl sites for hydroxylation is 1. The van der Waals surface area contributed by atoms with Gasteiger partial charge in [0, 0.05) is 13.1 Å². The summed E-state index contributed by atoms with van der Waals surface area (Å²) in [5.41, 5.74) is 1.56. The predicted octanol–water partition coefficient (Wildman–Crippen LogP) is 4.61. The molecule has 8 heteroatoms. The van der Waals surface area contributed by atoms with E-state index in [1.165, 1.54) is 4.31 Å². The Morgan fingerprint density at radius 3 is 2.62 bits per heavy atom. The molecule has 1 heterocycles. The molecule has 1 saturated heterocycles. The van der Waals surface area contributed by atoms with Gasteiger partial charge in [0.25, 0.3) is 0 Å². The van der Waals surface area contributed by atoms with E-state index in [1.807, 2.05) is 30.3 Å². The highest BCUT2D eigenvalue weighted by molar-refractivity contribution is 7.89. The van der Waals surface area contributed by atoms with Gasteiger partial charge in [0.05, 0.1) is 27.4 Å². The third kappa shape index (κ3) is 5.95. The van der Waals surface area contributed by atoms with Crippen molar-refractivity contribution in [2.75, 3.05) is 24.2 Å². The third-order valence-electron chi connectivity index (χ3n) is 5.07. The fraction of sp³-hybridized carbons (Fsp3) is 0.381. The Balaban J connectivity index is 1.57. The lowest BCUT2D eigenvalue weighted by molar-refractivity contribution is -0.120. The zero-order chi connectivity index (χ0) is 20.9. The van der Waals surface area contributed by atoms with Crippen LogP contribution in [0.25, 0.3) is 0 Å². The molecule has 3 rings (SSSR count). The van der Waals surface area contributed by atoms with E-state index in [-0.39, 0.29) is 23.2 Å². The fourth-order valence-corrected chi connectivity index (χ4v) is 5.41. The van der Waals surface area contributed by atoms with Crippen molar-refractivity contribution in [3.8, 4) is 0 Å². The van der Waals surface area contributed by atoms with Crippen LogP contribution < -0.4 is 5.32 Å². The number of hydrogen-bond donors (Lipinski definition) is 1. The number of nitrogens with zero attached hydrogens (tertiary/aromatic N) is 1. The summed E-state index contributed by atoms with van der Waals surface area (Å²) in [6.07, 6.45) is 2.56. The molecule has 2 aromatic rings. The second-order valence-corrected chi connectivity index (χ2v) is 10.1. The van der Waals surface area contributed by atoms with Crippen LogP contribution in [0.2, 0.25) is 10.0 Å². The van der Waals surface area contributed by atoms with Crippen molar-refractivity contribution in [2.24, 2.45) is 5.92 Å². The molecule has 1 atom stereocenters. The van der Waals surface area contributed by atoms with Gasteiger partial charge in [-0.25, -0.2) is 12.7 Å². The smallest absolute Gasteiger partial charge is 0.228 e. The Labute approximate surface area is 182 Å². The number of benzene rings is 2. The summed E-state index contributed by atoms with van der Waals surface area (Å²) in [5.74, 6) is -0.572. The molecule has 1 amide bonds. The minimum atomic E-state index is -3.40. The summed E-state index contributed by atoms with van der Waals surface area (Å²) in [6.45, 7) is 0.646. The molecule has 1 aliphatic rings. The molecule has 0 bridgehead atoms. The molecule has 1 aliphatic heterocycles. The summed E-state index contributed by atoms with van der Waals surface area (Å²) in [4.78, 5) is 12.7. The average Bonchev–Trinajstić information content (AvgIpc) is 2.72. The van der Waals surface area contributed by atoms with Crippen LogP contribution in [0.3, 0.4) is 0 Å².